The van der Waals surface area contributed by atoms with Gasteiger partial charge in [-0.3, -0.25) is 24.0 Å². The Labute approximate surface area is 231 Å². The molecule has 0 aliphatic rings. The van der Waals surface area contributed by atoms with Crippen LogP contribution in [0.25, 0.3) is 0 Å². The van der Waals surface area contributed by atoms with Gasteiger partial charge in [0.2, 0.25) is 11.8 Å². The molecule has 3 aromatic carbocycles. The van der Waals surface area contributed by atoms with Crippen LogP contribution in [-0.4, -0.2) is 56.8 Å². The number of aryl methyl sites for hydroxylation is 1. The molecule has 3 aromatic rings. The number of methoxy groups -OCH3 is 1. The van der Waals surface area contributed by atoms with Crippen LogP contribution in [-0.2, 0) is 26.2 Å². The van der Waals surface area contributed by atoms with Gasteiger partial charge in [0.15, 0.2) is 0 Å². The summed E-state index contributed by atoms with van der Waals surface area (Å²) in [4.78, 5) is 37.7. The second kappa shape index (κ2) is 12.6. The molecule has 0 aromatic heterocycles. The summed E-state index contributed by atoms with van der Waals surface area (Å²) in [7, 11) is -1.73. The fourth-order valence-corrected chi connectivity index (χ4v) is 5.39. The number of nitrogens with one attached hydrogen (secondary N) is 1. The van der Waals surface area contributed by atoms with Crippen molar-refractivity contribution in [3.63, 3.8) is 0 Å². The molecule has 11 nitrogen and oxygen atoms in total. The predicted octanol–water partition coefficient (Wildman–Crippen LogP) is 3.41. The number of halogens is 1. The molecule has 212 valence electrons. The number of sulfonamides is 1. The normalized spacial score (nSPS) is 11.8. The Morgan fingerprint density at radius 1 is 1.10 bits per heavy atom. The zero-order valence-electron chi connectivity index (χ0n) is 22.3. The van der Waals surface area contributed by atoms with Gasteiger partial charge in [-0.25, -0.2) is 12.8 Å². The first-order valence-corrected chi connectivity index (χ1v) is 13.5. The van der Waals surface area contributed by atoms with Crippen molar-refractivity contribution in [3.8, 4) is 5.75 Å². The molecule has 0 fully saturated rings. The lowest BCUT2D eigenvalue weighted by Gasteiger charge is -2.31. The first-order valence-electron chi connectivity index (χ1n) is 12.1. The van der Waals surface area contributed by atoms with E-state index >= 15 is 0 Å². The van der Waals surface area contributed by atoms with E-state index in [9.17, 15) is 32.5 Å². The summed E-state index contributed by atoms with van der Waals surface area (Å²) in [6.07, 6.45) is 0. The van der Waals surface area contributed by atoms with Gasteiger partial charge >= 0.3 is 0 Å². The molecule has 3 rings (SSSR count). The molecule has 1 atom stereocenters. The van der Waals surface area contributed by atoms with Crippen molar-refractivity contribution in [3.05, 3.63) is 93.8 Å². The Hall–Kier alpha value is -4.52. The summed E-state index contributed by atoms with van der Waals surface area (Å²) in [5, 5.41) is 13.9. The molecule has 0 aliphatic heterocycles. The quantitative estimate of drug-likeness (QED) is 0.274. The monoisotopic (exact) mass is 572 g/mol. The van der Waals surface area contributed by atoms with Crippen LogP contribution in [0.1, 0.15) is 18.1 Å². The van der Waals surface area contributed by atoms with E-state index < -0.39 is 55.7 Å². The van der Waals surface area contributed by atoms with E-state index in [2.05, 4.69) is 5.32 Å². The number of carbonyl (C=O) groups is 2. The number of carbonyl (C=O) groups excluding carboxylic acids is 2. The summed E-state index contributed by atoms with van der Waals surface area (Å²) in [6.45, 7) is 1.81. The maximum atomic E-state index is 14.5. The minimum atomic E-state index is -4.54. The van der Waals surface area contributed by atoms with E-state index in [0.717, 1.165) is 15.3 Å². The van der Waals surface area contributed by atoms with Crippen LogP contribution in [0.5, 0.6) is 5.75 Å². The average Bonchev–Trinajstić information content (AvgIpc) is 2.94. The molecule has 0 unspecified atom stereocenters. The maximum Gasteiger partial charge on any atom is 0.273 e. The van der Waals surface area contributed by atoms with Crippen molar-refractivity contribution in [2.45, 2.75) is 31.3 Å². The van der Waals surface area contributed by atoms with Gasteiger partial charge in [-0.2, -0.15) is 0 Å². The minimum Gasteiger partial charge on any atom is -0.497 e. The standard InChI is InChI=1S/C27H29FN4O7S/c1-18-9-14-23(15-25(18)32(35)36)40(37,38)31(21-10-12-22(39-4)13-11-21)17-26(33)30(19(2)27(34)29-3)16-20-7-5-6-8-24(20)28/h5-15,19H,16-17H2,1-4H3,(H,29,34)/t19-/m1/s1. The topological polar surface area (TPSA) is 139 Å². The lowest BCUT2D eigenvalue weighted by atomic mass is 10.1. The number of ether oxygens (including phenoxy) is 1. The Bertz CT molecular complexity index is 1510. The molecule has 13 heteroatoms. The van der Waals surface area contributed by atoms with E-state index in [1.807, 2.05) is 0 Å². The largest absolute Gasteiger partial charge is 0.497 e. The fraction of sp³-hybridized carbons (Fsp3) is 0.259. The van der Waals surface area contributed by atoms with Gasteiger partial charge in [0.1, 0.15) is 24.2 Å². The van der Waals surface area contributed by atoms with Crippen molar-refractivity contribution < 1.29 is 32.1 Å². The molecule has 0 bridgehead atoms. The van der Waals surface area contributed by atoms with E-state index in [4.69, 9.17) is 4.74 Å². The number of anilines is 1. The van der Waals surface area contributed by atoms with Crippen LogP contribution in [0.2, 0.25) is 0 Å². The number of hydrogen-bond acceptors (Lipinski definition) is 7. The number of nitro groups is 1. The summed E-state index contributed by atoms with van der Waals surface area (Å²) in [5.41, 5.74) is 0.0402. The molecule has 0 heterocycles. The number of amides is 2. The Balaban J connectivity index is 2.10. The molecule has 0 saturated carbocycles. The SMILES string of the molecule is CNC(=O)[C@@H](C)N(Cc1ccccc1F)C(=O)CN(c1ccc(OC)cc1)S(=O)(=O)c1ccc(C)c([N+](=O)[O-])c1. The zero-order chi connectivity index (χ0) is 29.6. The third-order valence-electron chi connectivity index (χ3n) is 6.32. The molecule has 0 aliphatic carbocycles. The number of rotatable bonds is 11. The van der Waals surface area contributed by atoms with Gasteiger partial charge in [0, 0.05) is 30.8 Å². The van der Waals surface area contributed by atoms with Crippen LogP contribution >= 0.6 is 0 Å². The number of nitrogens with zero attached hydrogens (tertiary/aromatic N) is 3. The van der Waals surface area contributed by atoms with Crippen molar-refractivity contribution in [2.24, 2.45) is 0 Å². The molecule has 40 heavy (non-hydrogen) atoms. The van der Waals surface area contributed by atoms with Crippen molar-refractivity contribution >= 4 is 33.2 Å². The molecule has 2 amide bonds. The van der Waals surface area contributed by atoms with Crippen molar-refractivity contribution in [1.82, 2.24) is 10.2 Å². The Morgan fingerprint density at radius 3 is 2.33 bits per heavy atom. The van der Waals surface area contributed by atoms with Crippen LogP contribution in [0, 0.1) is 22.9 Å². The molecule has 1 N–H and O–H groups in total. The third-order valence-corrected chi connectivity index (χ3v) is 8.09. The summed E-state index contributed by atoms with van der Waals surface area (Å²) < 4.78 is 48.2. The summed E-state index contributed by atoms with van der Waals surface area (Å²) >= 11 is 0. The summed E-state index contributed by atoms with van der Waals surface area (Å²) in [5.74, 6) is -1.53. The van der Waals surface area contributed by atoms with Crippen LogP contribution in [0.15, 0.2) is 71.6 Å². The van der Waals surface area contributed by atoms with E-state index in [1.54, 1.807) is 6.07 Å². The molecular formula is C27H29FN4O7S. The second-order valence-electron chi connectivity index (χ2n) is 8.82. The predicted molar refractivity (Wildman–Crippen MR) is 146 cm³/mol. The van der Waals surface area contributed by atoms with Gasteiger partial charge in [-0.05, 0) is 50.2 Å². The van der Waals surface area contributed by atoms with Crippen LogP contribution in [0.4, 0.5) is 15.8 Å². The second-order valence-corrected chi connectivity index (χ2v) is 10.7. The highest BCUT2D eigenvalue weighted by atomic mass is 32.2. The van der Waals surface area contributed by atoms with E-state index in [1.165, 1.54) is 82.6 Å². The van der Waals surface area contributed by atoms with Crippen LogP contribution < -0.4 is 14.4 Å². The van der Waals surface area contributed by atoms with Gasteiger partial charge < -0.3 is 15.0 Å². The maximum absolute atomic E-state index is 14.5. The third kappa shape index (κ3) is 6.54. The lowest BCUT2D eigenvalue weighted by Crippen LogP contribution is -2.50. The van der Waals surface area contributed by atoms with Gasteiger partial charge in [0.25, 0.3) is 15.7 Å². The highest BCUT2D eigenvalue weighted by Crippen LogP contribution is 2.29. The number of likely N-dealkylation sites (N-methyl/N-ethyl adjacent to an activating group) is 1. The molecule has 0 saturated heterocycles. The smallest absolute Gasteiger partial charge is 0.273 e. The number of hydrogen-bond donors (Lipinski definition) is 1. The minimum absolute atomic E-state index is 0.0656. The molecular weight excluding hydrogens is 543 g/mol. The average molecular weight is 573 g/mol. The molecule has 0 radical (unpaired) electrons. The van der Waals surface area contributed by atoms with E-state index in [0.29, 0.717) is 5.75 Å². The molecule has 0 spiro atoms. The zero-order valence-corrected chi connectivity index (χ0v) is 23.1. The lowest BCUT2D eigenvalue weighted by molar-refractivity contribution is -0.385. The fourth-order valence-electron chi connectivity index (χ4n) is 3.95. The van der Waals surface area contributed by atoms with Crippen molar-refractivity contribution in [2.75, 3.05) is 25.0 Å². The Morgan fingerprint density at radius 2 is 1.75 bits per heavy atom. The van der Waals surface area contributed by atoms with Crippen molar-refractivity contribution in [1.29, 1.82) is 0 Å². The number of nitro benzene ring substituents is 1. The van der Waals surface area contributed by atoms with Crippen LogP contribution in [0.3, 0.4) is 0 Å². The van der Waals surface area contributed by atoms with Gasteiger partial charge in [-0.15, -0.1) is 0 Å². The highest BCUT2D eigenvalue weighted by molar-refractivity contribution is 7.92. The summed E-state index contributed by atoms with van der Waals surface area (Å²) in [6, 6.07) is 13.9. The Kier molecular flexibility index (Phi) is 9.43. The van der Waals surface area contributed by atoms with E-state index in [-0.39, 0.29) is 23.4 Å². The first kappa shape index (κ1) is 30.0. The van der Waals surface area contributed by atoms with Gasteiger partial charge in [-0.1, -0.05) is 24.3 Å². The van der Waals surface area contributed by atoms with Gasteiger partial charge in [0.05, 0.1) is 22.6 Å². The highest BCUT2D eigenvalue weighted by Gasteiger charge is 2.33. The first-order chi connectivity index (χ1) is 18.9. The number of benzene rings is 3.